The zero-order chi connectivity index (χ0) is 19.7. The first-order chi connectivity index (χ1) is 12.6. The Morgan fingerprint density at radius 2 is 2.11 bits per heavy atom. The van der Waals surface area contributed by atoms with Gasteiger partial charge in [0.05, 0.1) is 27.7 Å². The van der Waals surface area contributed by atoms with Gasteiger partial charge in [0.25, 0.3) is 0 Å². The predicted molar refractivity (Wildman–Crippen MR) is 101 cm³/mol. The number of carbonyl (C=O) groups excluding carboxylic acids is 1. The van der Waals surface area contributed by atoms with Gasteiger partial charge in [-0.25, -0.2) is 4.98 Å². The zero-order valence-electron chi connectivity index (χ0n) is 15.5. The minimum absolute atomic E-state index is 0.0372. The number of halogens is 3. The van der Waals surface area contributed by atoms with Gasteiger partial charge >= 0.3 is 6.18 Å². The normalized spacial score (nSPS) is 20.7. The van der Waals surface area contributed by atoms with E-state index in [1.807, 2.05) is 29.2 Å². The number of piperidine rings is 1. The van der Waals surface area contributed by atoms with Gasteiger partial charge in [-0.3, -0.25) is 9.69 Å². The Labute approximate surface area is 160 Å². The smallest absolute Gasteiger partial charge is 0.355 e. The molecule has 0 saturated carbocycles. The molecule has 0 bridgehead atoms. The molecule has 2 aromatic rings. The first-order valence-electron chi connectivity index (χ1n) is 9.05. The number of para-hydroxylation sites is 1. The van der Waals surface area contributed by atoms with Gasteiger partial charge in [0, 0.05) is 19.5 Å². The van der Waals surface area contributed by atoms with Gasteiger partial charge in [-0.2, -0.15) is 13.2 Å². The number of hydrogen-bond acceptors (Lipinski definition) is 4. The molecule has 8 heteroatoms. The molecule has 1 aliphatic rings. The number of fused-ring (bicyclic) bond motifs is 1. The molecule has 1 amide bonds. The molecule has 1 N–H and O–H groups in total. The highest BCUT2D eigenvalue weighted by Crippen LogP contribution is 2.44. The number of thiazole rings is 1. The molecule has 1 aliphatic heterocycles. The minimum Gasteiger partial charge on any atom is -0.355 e. The van der Waals surface area contributed by atoms with Crippen LogP contribution in [0.25, 0.3) is 10.2 Å². The molecule has 0 spiro atoms. The first-order valence-corrected chi connectivity index (χ1v) is 9.87. The van der Waals surface area contributed by atoms with Crippen molar-refractivity contribution in [3.8, 4) is 0 Å². The van der Waals surface area contributed by atoms with Gasteiger partial charge in [-0.15, -0.1) is 11.3 Å². The number of alkyl halides is 3. The largest absolute Gasteiger partial charge is 0.392 e. The Bertz CT molecular complexity index is 770. The summed E-state index contributed by atoms with van der Waals surface area (Å²) < 4.78 is 40.5. The highest BCUT2D eigenvalue weighted by atomic mass is 32.1. The van der Waals surface area contributed by atoms with E-state index in [0.717, 1.165) is 15.2 Å². The van der Waals surface area contributed by atoms with Crippen molar-refractivity contribution in [1.82, 2.24) is 15.2 Å². The summed E-state index contributed by atoms with van der Waals surface area (Å²) in [7, 11) is 0. The Hall–Kier alpha value is -1.67. The van der Waals surface area contributed by atoms with E-state index in [0.29, 0.717) is 19.5 Å². The standard InChI is InChI=1S/C19H24F3N3OS/c1-18(2)12-25(10-8-15(18)19(20,21)22)11-16(26)23-9-7-17-24-13-5-3-4-6-14(13)27-17/h3-6,15H,7-12H2,1-2H3,(H,23,26)/t15-/m0/s1. The fraction of sp³-hybridized carbons (Fsp3) is 0.579. The van der Waals surface area contributed by atoms with Crippen LogP contribution in [0.3, 0.4) is 0 Å². The van der Waals surface area contributed by atoms with Crippen LogP contribution in [0.2, 0.25) is 0 Å². The van der Waals surface area contributed by atoms with E-state index in [1.165, 1.54) is 0 Å². The summed E-state index contributed by atoms with van der Waals surface area (Å²) in [4.78, 5) is 18.5. The lowest BCUT2D eigenvalue weighted by Gasteiger charge is -2.44. The third kappa shape index (κ3) is 4.99. The van der Waals surface area contributed by atoms with Crippen molar-refractivity contribution in [2.45, 2.75) is 32.9 Å². The van der Waals surface area contributed by atoms with Crippen LogP contribution in [0.15, 0.2) is 24.3 Å². The number of hydrogen-bond donors (Lipinski definition) is 1. The van der Waals surface area contributed by atoms with Crippen molar-refractivity contribution in [2.75, 3.05) is 26.2 Å². The molecule has 148 valence electrons. The molecule has 27 heavy (non-hydrogen) atoms. The second kappa shape index (κ2) is 7.75. The van der Waals surface area contributed by atoms with Crippen LogP contribution in [0.1, 0.15) is 25.3 Å². The number of benzene rings is 1. The van der Waals surface area contributed by atoms with E-state index in [2.05, 4.69) is 10.3 Å². The maximum Gasteiger partial charge on any atom is 0.392 e. The molecule has 4 nitrogen and oxygen atoms in total. The quantitative estimate of drug-likeness (QED) is 0.830. The molecule has 3 rings (SSSR count). The molecular formula is C19H24F3N3OS. The van der Waals surface area contributed by atoms with Crippen molar-refractivity contribution >= 4 is 27.5 Å². The molecule has 1 atom stereocenters. The van der Waals surface area contributed by atoms with Crippen molar-refractivity contribution in [3.63, 3.8) is 0 Å². The highest BCUT2D eigenvalue weighted by Gasteiger charge is 2.51. The van der Waals surface area contributed by atoms with Gasteiger partial charge in [-0.05, 0) is 30.5 Å². The molecule has 1 saturated heterocycles. The fourth-order valence-corrected chi connectivity index (χ4v) is 4.77. The van der Waals surface area contributed by atoms with Crippen molar-refractivity contribution in [1.29, 1.82) is 0 Å². The Morgan fingerprint density at radius 3 is 2.78 bits per heavy atom. The Balaban J connectivity index is 1.45. The van der Waals surface area contributed by atoms with Crippen LogP contribution in [0.5, 0.6) is 0 Å². The number of nitrogens with zero attached hydrogens (tertiary/aromatic N) is 2. The monoisotopic (exact) mass is 399 g/mol. The highest BCUT2D eigenvalue weighted by molar-refractivity contribution is 7.18. The van der Waals surface area contributed by atoms with Crippen LogP contribution in [-0.4, -0.2) is 48.1 Å². The molecule has 0 aliphatic carbocycles. The number of aromatic nitrogens is 1. The van der Waals surface area contributed by atoms with Crippen molar-refractivity contribution < 1.29 is 18.0 Å². The summed E-state index contributed by atoms with van der Waals surface area (Å²) in [6.07, 6.45) is -3.50. The molecular weight excluding hydrogens is 375 g/mol. The third-order valence-electron chi connectivity index (χ3n) is 5.07. The molecule has 0 radical (unpaired) electrons. The van der Waals surface area contributed by atoms with E-state index >= 15 is 0 Å². The molecule has 0 unspecified atom stereocenters. The molecule has 1 aromatic carbocycles. The lowest BCUT2D eigenvalue weighted by Crippen LogP contribution is -2.52. The second-order valence-electron chi connectivity index (χ2n) is 7.76. The van der Waals surface area contributed by atoms with Gasteiger partial charge in [0.2, 0.25) is 5.91 Å². The average molecular weight is 399 g/mol. The number of rotatable bonds is 5. The second-order valence-corrected chi connectivity index (χ2v) is 8.87. The summed E-state index contributed by atoms with van der Waals surface area (Å²) in [5, 5.41) is 3.82. The molecule has 1 aromatic heterocycles. The molecule has 1 fully saturated rings. The van der Waals surface area contributed by atoms with Crippen LogP contribution in [0.4, 0.5) is 13.2 Å². The minimum atomic E-state index is -4.19. The zero-order valence-corrected chi connectivity index (χ0v) is 16.3. The predicted octanol–water partition coefficient (Wildman–Crippen LogP) is 3.87. The fourth-order valence-electron chi connectivity index (χ4n) is 3.80. The summed E-state index contributed by atoms with van der Waals surface area (Å²) in [5.41, 5.74) is 0.0659. The van der Waals surface area contributed by atoms with E-state index < -0.39 is 17.5 Å². The SMILES string of the molecule is CC1(C)CN(CC(=O)NCCc2nc3ccccc3s2)CC[C@@H]1C(F)(F)F. The van der Waals surface area contributed by atoms with Crippen LogP contribution >= 0.6 is 11.3 Å². The van der Waals surface area contributed by atoms with E-state index in [9.17, 15) is 18.0 Å². The number of nitrogens with one attached hydrogen (secondary N) is 1. The summed E-state index contributed by atoms with van der Waals surface area (Å²) >= 11 is 1.61. The summed E-state index contributed by atoms with van der Waals surface area (Å²) in [6, 6.07) is 7.88. The lowest BCUT2D eigenvalue weighted by atomic mass is 9.73. The number of carbonyl (C=O) groups is 1. The van der Waals surface area contributed by atoms with E-state index in [-0.39, 0.29) is 25.4 Å². The summed E-state index contributed by atoms with van der Waals surface area (Å²) in [6.45, 7) is 4.42. The third-order valence-corrected chi connectivity index (χ3v) is 6.17. The number of amides is 1. The van der Waals surface area contributed by atoms with Gasteiger partial charge in [-0.1, -0.05) is 26.0 Å². The average Bonchev–Trinajstić information content (AvgIpc) is 2.95. The maximum absolute atomic E-state index is 13.1. The van der Waals surface area contributed by atoms with Gasteiger partial charge in [0.15, 0.2) is 0 Å². The van der Waals surface area contributed by atoms with Crippen LogP contribution in [-0.2, 0) is 11.2 Å². The Morgan fingerprint density at radius 1 is 1.37 bits per heavy atom. The van der Waals surface area contributed by atoms with E-state index in [4.69, 9.17) is 0 Å². The molecule has 2 heterocycles. The number of likely N-dealkylation sites (tertiary alicyclic amines) is 1. The van der Waals surface area contributed by atoms with Crippen molar-refractivity contribution in [3.05, 3.63) is 29.3 Å². The van der Waals surface area contributed by atoms with Gasteiger partial charge in [0.1, 0.15) is 0 Å². The van der Waals surface area contributed by atoms with Crippen LogP contribution < -0.4 is 5.32 Å². The van der Waals surface area contributed by atoms with Gasteiger partial charge < -0.3 is 5.32 Å². The topological polar surface area (TPSA) is 45.2 Å². The van der Waals surface area contributed by atoms with Crippen molar-refractivity contribution in [2.24, 2.45) is 11.3 Å². The Kier molecular flexibility index (Phi) is 5.76. The van der Waals surface area contributed by atoms with Crippen LogP contribution in [0, 0.1) is 11.3 Å². The van der Waals surface area contributed by atoms with E-state index in [1.54, 1.807) is 25.2 Å². The lowest BCUT2D eigenvalue weighted by molar-refractivity contribution is -0.216. The maximum atomic E-state index is 13.1. The first kappa shape index (κ1) is 20.1. The summed E-state index contributed by atoms with van der Waals surface area (Å²) in [5.74, 6) is -1.47.